The molecule has 5 rings (SSSR count). The Hall–Kier alpha value is -4.70. The normalized spacial score (nSPS) is 15.6. The molecule has 1 saturated heterocycles. The predicted molar refractivity (Wildman–Crippen MR) is 151 cm³/mol. The van der Waals surface area contributed by atoms with Crippen LogP contribution >= 0.6 is 0 Å². The highest BCUT2D eigenvalue weighted by Crippen LogP contribution is 2.45. The van der Waals surface area contributed by atoms with Gasteiger partial charge in [-0.05, 0) is 82.3 Å². The van der Waals surface area contributed by atoms with Crippen LogP contribution in [0.4, 0.5) is 9.18 Å². The van der Waals surface area contributed by atoms with Crippen molar-refractivity contribution in [3.05, 3.63) is 88.5 Å². The second-order valence-corrected chi connectivity index (χ2v) is 9.71. The van der Waals surface area contributed by atoms with E-state index in [1.165, 1.54) is 30.2 Å². The molecular weight excluding hydrogens is 529 g/mol. The predicted octanol–water partition coefficient (Wildman–Crippen LogP) is 4.80. The summed E-state index contributed by atoms with van der Waals surface area (Å²) in [5, 5.41) is 13.7. The molecule has 0 unspecified atom stereocenters. The average molecular weight is 560 g/mol. The molecular formula is C31H30FN3O6. The van der Waals surface area contributed by atoms with Gasteiger partial charge in [-0.2, -0.15) is 0 Å². The quantitative estimate of drug-likeness (QED) is 0.428. The minimum Gasteiger partial charge on any atom is -0.504 e. The number of nitrogens with one attached hydrogen (secondary N) is 1. The van der Waals surface area contributed by atoms with Crippen LogP contribution in [-0.4, -0.2) is 60.4 Å². The van der Waals surface area contributed by atoms with Gasteiger partial charge < -0.3 is 29.5 Å². The number of aromatic nitrogens is 1. The number of morpholine rings is 1. The molecule has 1 aliphatic carbocycles. The summed E-state index contributed by atoms with van der Waals surface area (Å²) in [5.74, 6) is -0.792. The highest BCUT2D eigenvalue weighted by atomic mass is 19.1. The minimum atomic E-state index is -0.607. The molecule has 212 valence electrons. The van der Waals surface area contributed by atoms with E-state index in [1.807, 2.05) is 19.1 Å². The maximum absolute atomic E-state index is 14.3. The summed E-state index contributed by atoms with van der Waals surface area (Å²) in [7, 11) is 1.42. The molecule has 0 saturated carbocycles. The Labute approximate surface area is 236 Å². The fourth-order valence-corrected chi connectivity index (χ4v) is 4.92. The number of hydrogen-bond acceptors (Lipinski definition) is 7. The van der Waals surface area contributed by atoms with Crippen molar-refractivity contribution in [2.45, 2.75) is 19.9 Å². The molecule has 2 amide bonds. The van der Waals surface area contributed by atoms with E-state index in [9.17, 15) is 19.1 Å². The van der Waals surface area contributed by atoms with Gasteiger partial charge in [0.25, 0.3) is 0 Å². The van der Waals surface area contributed by atoms with Gasteiger partial charge in [0.15, 0.2) is 11.5 Å². The number of nitrogens with zero attached hydrogens (tertiary/aromatic N) is 2. The molecule has 2 aliphatic rings. The van der Waals surface area contributed by atoms with Crippen molar-refractivity contribution in [1.29, 1.82) is 0 Å². The number of aromatic hydroxyl groups is 1. The number of carbonyl (C=O) groups is 2. The van der Waals surface area contributed by atoms with Gasteiger partial charge in [0.05, 0.1) is 26.7 Å². The lowest BCUT2D eigenvalue weighted by Gasteiger charge is -2.26. The summed E-state index contributed by atoms with van der Waals surface area (Å²) in [5.41, 5.74) is 5.13. The Balaban J connectivity index is 1.42. The number of amides is 2. The molecule has 10 heteroatoms. The molecule has 0 radical (unpaired) electrons. The zero-order valence-electron chi connectivity index (χ0n) is 22.8. The van der Waals surface area contributed by atoms with Crippen molar-refractivity contribution < 1.29 is 33.3 Å². The van der Waals surface area contributed by atoms with Crippen LogP contribution in [0.25, 0.3) is 17.2 Å². The van der Waals surface area contributed by atoms with Crippen LogP contribution in [0.3, 0.4) is 0 Å². The summed E-state index contributed by atoms with van der Waals surface area (Å²) >= 11 is 0. The number of allylic oxidation sites excluding steroid dienone is 2. The Kier molecular flexibility index (Phi) is 8.30. The van der Waals surface area contributed by atoms with Gasteiger partial charge in [0.2, 0.25) is 11.7 Å². The number of methoxy groups -OCH3 is 1. The summed E-state index contributed by atoms with van der Waals surface area (Å²) in [6, 6.07) is 11.3. The Morgan fingerprint density at radius 1 is 1.17 bits per heavy atom. The van der Waals surface area contributed by atoms with E-state index >= 15 is 0 Å². The molecule has 0 atom stereocenters. The monoisotopic (exact) mass is 559 g/mol. The highest BCUT2D eigenvalue weighted by Gasteiger charge is 2.27. The van der Waals surface area contributed by atoms with Crippen molar-refractivity contribution >= 4 is 29.2 Å². The molecule has 3 aromatic rings. The maximum atomic E-state index is 14.3. The number of hydrogen-bond donors (Lipinski definition) is 2. The van der Waals surface area contributed by atoms with Crippen LogP contribution in [-0.2, 0) is 16.1 Å². The lowest BCUT2D eigenvalue weighted by Crippen LogP contribution is -2.42. The molecule has 1 aromatic heterocycles. The molecule has 0 bridgehead atoms. The van der Waals surface area contributed by atoms with Crippen LogP contribution in [0.1, 0.15) is 35.6 Å². The van der Waals surface area contributed by atoms with Crippen LogP contribution < -0.4 is 14.8 Å². The number of phenolic OH excluding ortho intramolecular Hbond substituents is 1. The summed E-state index contributed by atoms with van der Waals surface area (Å²) in [4.78, 5) is 31.0. The smallest absolute Gasteiger partial charge is 0.415 e. The molecule has 2 heterocycles. The first-order chi connectivity index (χ1) is 19.8. The third-order valence-electron chi connectivity index (χ3n) is 7.05. The molecule has 1 fully saturated rings. The van der Waals surface area contributed by atoms with E-state index in [2.05, 4.69) is 10.3 Å². The number of rotatable bonds is 7. The Bertz CT molecular complexity index is 1530. The number of ether oxygens (including phenoxy) is 3. The fraction of sp³-hybridized carbons (Fsp3) is 0.258. The van der Waals surface area contributed by atoms with Gasteiger partial charge in [-0.1, -0.05) is 12.1 Å². The molecule has 1 aliphatic heterocycles. The lowest BCUT2D eigenvalue weighted by molar-refractivity contribution is -0.120. The summed E-state index contributed by atoms with van der Waals surface area (Å²) < 4.78 is 30.5. The third kappa shape index (κ3) is 6.22. The van der Waals surface area contributed by atoms with Crippen LogP contribution in [0.2, 0.25) is 0 Å². The zero-order valence-corrected chi connectivity index (χ0v) is 22.8. The van der Waals surface area contributed by atoms with Crippen molar-refractivity contribution in [2.24, 2.45) is 0 Å². The van der Waals surface area contributed by atoms with Gasteiger partial charge in [0, 0.05) is 32.0 Å². The molecule has 2 N–H and O–H groups in total. The second-order valence-electron chi connectivity index (χ2n) is 9.71. The van der Waals surface area contributed by atoms with E-state index in [0.717, 1.165) is 22.3 Å². The number of pyridine rings is 1. The van der Waals surface area contributed by atoms with Crippen molar-refractivity contribution in [1.82, 2.24) is 15.2 Å². The highest BCUT2D eigenvalue weighted by molar-refractivity contribution is 6.08. The van der Waals surface area contributed by atoms with Crippen LogP contribution in [0, 0.1) is 5.82 Å². The van der Waals surface area contributed by atoms with Gasteiger partial charge in [-0.25, -0.2) is 9.18 Å². The number of halogens is 1. The molecule has 9 nitrogen and oxygen atoms in total. The topological polar surface area (TPSA) is 110 Å². The molecule has 0 spiro atoms. The minimum absolute atomic E-state index is 0.0604. The van der Waals surface area contributed by atoms with Gasteiger partial charge in [-0.15, -0.1) is 0 Å². The Morgan fingerprint density at radius 2 is 1.98 bits per heavy atom. The number of fused-ring (bicyclic) bond motifs is 1. The Morgan fingerprint density at radius 3 is 2.71 bits per heavy atom. The lowest BCUT2D eigenvalue weighted by atomic mass is 10.00. The van der Waals surface area contributed by atoms with E-state index < -0.39 is 11.9 Å². The first kappa shape index (κ1) is 27.9. The first-order valence-electron chi connectivity index (χ1n) is 13.2. The molecule has 41 heavy (non-hydrogen) atoms. The number of carbonyl (C=O) groups excluding carboxylic acids is 2. The van der Waals surface area contributed by atoms with Crippen molar-refractivity contribution in [2.75, 3.05) is 33.4 Å². The van der Waals surface area contributed by atoms with Gasteiger partial charge >= 0.3 is 6.09 Å². The summed E-state index contributed by atoms with van der Waals surface area (Å²) in [6.07, 6.45) is 4.63. The van der Waals surface area contributed by atoms with Crippen molar-refractivity contribution in [3.8, 4) is 17.2 Å². The average Bonchev–Trinajstić information content (AvgIpc) is 3.23. The standard InChI is InChI=1S/C31H30FN3O6/c1-19-24(12-21-13-27(36)30(28(14-21)39-2)41-31(38)35-8-10-40-11-9-35)23-6-5-22(32)15-26(23)25(19)16-29(37)34-18-20-4-3-7-33-17-20/h3-7,12-15,17,36H,8-11,16,18H2,1-2H3,(H,34,37)/b24-12-. The van der Waals surface area contributed by atoms with Crippen molar-refractivity contribution in [3.63, 3.8) is 0 Å². The van der Waals surface area contributed by atoms with E-state index in [0.29, 0.717) is 49.5 Å². The first-order valence-corrected chi connectivity index (χ1v) is 13.2. The van der Waals surface area contributed by atoms with Gasteiger partial charge in [-0.3, -0.25) is 9.78 Å². The SMILES string of the molecule is COc1cc(/C=C2/C(C)=C(CC(=O)NCc3cccnc3)c3cc(F)ccc32)cc(O)c1OC(=O)N1CCOCC1. The largest absolute Gasteiger partial charge is 0.504 e. The number of benzene rings is 2. The summed E-state index contributed by atoms with van der Waals surface area (Å²) in [6.45, 7) is 3.82. The third-order valence-corrected chi connectivity index (χ3v) is 7.05. The zero-order chi connectivity index (χ0) is 28.9. The fourth-order valence-electron chi connectivity index (χ4n) is 4.92. The van der Waals surface area contributed by atoms with Gasteiger partial charge in [0.1, 0.15) is 5.82 Å². The van der Waals surface area contributed by atoms with E-state index in [-0.39, 0.29) is 29.6 Å². The number of phenols is 1. The van der Waals surface area contributed by atoms with E-state index in [4.69, 9.17) is 14.2 Å². The van der Waals surface area contributed by atoms with Crippen LogP contribution in [0.15, 0.2) is 60.4 Å². The van der Waals surface area contributed by atoms with Crippen LogP contribution in [0.5, 0.6) is 17.2 Å². The van der Waals surface area contributed by atoms with E-state index in [1.54, 1.807) is 30.6 Å². The maximum Gasteiger partial charge on any atom is 0.415 e. The molecule has 2 aromatic carbocycles. The second kappa shape index (κ2) is 12.2.